The number of hydrazine groups is 1. The van der Waals surface area contributed by atoms with Crippen LogP contribution < -0.4 is 16.6 Å². The lowest BCUT2D eigenvalue weighted by Crippen LogP contribution is -2.10. The van der Waals surface area contributed by atoms with E-state index in [4.69, 9.17) is 17.4 Å². The van der Waals surface area contributed by atoms with Crippen molar-refractivity contribution in [3.8, 4) is 0 Å². The number of aryl methyl sites for hydroxylation is 1. The summed E-state index contributed by atoms with van der Waals surface area (Å²) in [6, 6.07) is 7.50. The van der Waals surface area contributed by atoms with Crippen molar-refractivity contribution >= 4 is 40.7 Å². The van der Waals surface area contributed by atoms with Crippen LogP contribution in [0.15, 0.2) is 29.4 Å². The second-order valence-electron chi connectivity index (χ2n) is 3.88. The van der Waals surface area contributed by atoms with E-state index in [0.717, 1.165) is 11.3 Å². The highest BCUT2D eigenvalue weighted by Gasteiger charge is 2.06. The Labute approximate surface area is 120 Å². The van der Waals surface area contributed by atoms with Crippen LogP contribution in [0.5, 0.6) is 0 Å². The highest BCUT2D eigenvalue weighted by Crippen LogP contribution is 2.27. The highest BCUT2D eigenvalue weighted by atomic mass is 35.5. The lowest BCUT2D eigenvalue weighted by atomic mass is 10.2. The van der Waals surface area contributed by atoms with Crippen molar-refractivity contribution in [1.82, 2.24) is 9.97 Å². The molecular formula is C12H14ClN5S. The van der Waals surface area contributed by atoms with E-state index in [1.54, 1.807) is 6.07 Å². The van der Waals surface area contributed by atoms with E-state index in [9.17, 15) is 0 Å². The molecule has 2 aromatic rings. The average Bonchev–Trinajstić information content (AvgIpc) is 2.41. The largest absolute Gasteiger partial charge is 0.339 e. The Kier molecular flexibility index (Phi) is 4.47. The van der Waals surface area contributed by atoms with Crippen LogP contribution in [0, 0.1) is 6.92 Å². The van der Waals surface area contributed by atoms with Gasteiger partial charge in [-0.15, -0.1) is 0 Å². The molecule has 2 rings (SSSR count). The van der Waals surface area contributed by atoms with Crippen LogP contribution in [-0.4, -0.2) is 16.2 Å². The van der Waals surface area contributed by atoms with Gasteiger partial charge in [0, 0.05) is 6.07 Å². The van der Waals surface area contributed by atoms with Crippen molar-refractivity contribution < 1.29 is 0 Å². The van der Waals surface area contributed by atoms with Gasteiger partial charge in [0.1, 0.15) is 11.6 Å². The maximum absolute atomic E-state index is 6.18. The second-order valence-corrected chi connectivity index (χ2v) is 5.06. The van der Waals surface area contributed by atoms with Crippen LogP contribution in [0.3, 0.4) is 0 Å². The summed E-state index contributed by atoms with van der Waals surface area (Å²) in [7, 11) is 0. The van der Waals surface area contributed by atoms with Gasteiger partial charge < -0.3 is 10.7 Å². The molecule has 1 aromatic heterocycles. The third-order valence-corrected chi connectivity index (χ3v) is 3.28. The van der Waals surface area contributed by atoms with E-state index >= 15 is 0 Å². The molecule has 1 heterocycles. The SMILES string of the molecule is CSc1nc(NN)cc(Nc2ccc(C)cc2Cl)n1. The van der Waals surface area contributed by atoms with Gasteiger partial charge in [0.25, 0.3) is 0 Å². The molecule has 0 spiro atoms. The molecule has 1 aromatic carbocycles. The molecule has 19 heavy (non-hydrogen) atoms. The number of nitrogen functional groups attached to an aromatic ring is 1. The number of halogens is 1. The summed E-state index contributed by atoms with van der Waals surface area (Å²) >= 11 is 7.61. The van der Waals surface area contributed by atoms with Gasteiger partial charge in [-0.05, 0) is 30.9 Å². The minimum absolute atomic E-state index is 0.546. The Hall–Kier alpha value is -1.50. The maximum Gasteiger partial charge on any atom is 0.191 e. The van der Waals surface area contributed by atoms with E-state index < -0.39 is 0 Å². The first-order chi connectivity index (χ1) is 9.12. The number of anilines is 3. The monoisotopic (exact) mass is 295 g/mol. The van der Waals surface area contributed by atoms with E-state index in [0.29, 0.717) is 21.8 Å². The third-order valence-electron chi connectivity index (χ3n) is 2.42. The summed E-state index contributed by atoms with van der Waals surface area (Å²) < 4.78 is 0. The number of benzene rings is 1. The molecule has 0 saturated carbocycles. The number of nitrogens with zero attached hydrogens (tertiary/aromatic N) is 2. The highest BCUT2D eigenvalue weighted by molar-refractivity contribution is 7.98. The van der Waals surface area contributed by atoms with Crippen molar-refractivity contribution in [3.05, 3.63) is 34.9 Å². The summed E-state index contributed by atoms with van der Waals surface area (Å²) in [5.74, 6) is 6.57. The van der Waals surface area contributed by atoms with Crippen LogP contribution in [0.25, 0.3) is 0 Å². The molecule has 0 atom stereocenters. The number of thioether (sulfide) groups is 1. The maximum atomic E-state index is 6.18. The zero-order valence-corrected chi connectivity index (χ0v) is 12.1. The zero-order chi connectivity index (χ0) is 13.8. The smallest absolute Gasteiger partial charge is 0.191 e. The molecule has 0 aliphatic rings. The number of nitrogens with two attached hydrogens (primary N) is 1. The van der Waals surface area contributed by atoms with Crippen molar-refractivity contribution in [2.45, 2.75) is 12.1 Å². The van der Waals surface area contributed by atoms with Crippen molar-refractivity contribution in [3.63, 3.8) is 0 Å². The molecule has 0 unspecified atom stereocenters. The molecule has 7 heteroatoms. The number of rotatable bonds is 4. The molecular weight excluding hydrogens is 282 g/mol. The van der Waals surface area contributed by atoms with Gasteiger partial charge in [-0.1, -0.05) is 29.4 Å². The standard InChI is InChI=1S/C12H14ClN5S/c1-7-3-4-9(8(13)5-7)15-10-6-11(18-14)17-12(16-10)19-2/h3-6H,14H2,1-2H3,(H2,15,16,17,18). The molecule has 0 saturated heterocycles. The molecule has 0 aliphatic heterocycles. The molecule has 0 amide bonds. The molecule has 0 bridgehead atoms. The average molecular weight is 296 g/mol. The van der Waals surface area contributed by atoms with E-state index in [2.05, 4.69) is 20.7 Å². The van der Waals surface area contributed by atoms with Crippen LogP contribution in [0.1, 0.15) is 5.56 Å². The van der Waals surface area contributed by atoms with Gasteiger partial charge in [0.2, 0.25) is 0 Å². The summed E-state index contributed by atoms with van der Waals surface area (Å²) in [4.78, 5) is 8.54. The van der Waals surface area contributed by atoms with Gasteiger partial charge in [0.15, 0.2) is 5.16 Å². The molecule has 100 valence electrons. The summed E-state index contributed by atoms with van der Waals surface area (Å²) in [5, 5.41) is 4.43. The number of hydrogen-bond acceptors (Lipinski definition) is 6. The Morgan fingerprint density at radius 1 is 1.21 bits per heavy atom. The number of aromatic nitrogens is 2. The lowest BCUT2D eigenvalue weighted by Gasteiger charge is -2.10. The summed E-state index contributed by atoms with van der Waals surface area (Å²) in [6.45, 7) is 1.99. The fraction of sp³-hybridized carbons (Fsp3) is 0.167. The van der Waals surface area contributed by atoms with E-state index in [-0.39, 0.29) is 0 Å². The van der Waals surface area contributed by atoms with Crippen molar-refractivity contribution in [2.75, 3.05) is 17.0 Å². The summed E-state index contributed by atoms with van der Waals surface area (Å²) in [5.41, 5.74) is 4.41. The Balaban J connectivity index is 2.31. The van der Waals surface area contributed by atoms with Crippen molar-refractivity contribution in [2.24, 2.45) is 5.84 Å². The summed E-state index contributed by atoms with van der Waals surface area (Å²) in [6.07, 6.45) is 1.90. The fourth-order valence-corrected chi connectivity index (χ4v) is 2.18. The van der Waals surface area contributed by atoms with Crippen LogP contribution in [-0.2, 0) is 0 Å². The first-order valence-corrected chi connectivity index (χ1v) is 7.15. The molecule has 0 radical (unpaired) electrons. The normalized spacial score (nSPS) is 10.3. The Morgan fingerprint density at radius 3 is 2.58 bits per heavy atom. The number of hydrogen-bond donors (Lipinski definition) is 3. The third kappa shape index (κ3) is 3.50. The molecule has 4 N–H and O–H groups in total. The topological polar surface area (TPSA) is 75.9 Å². The number of nitrogens with one attached hydrogen (secondary N) is 2. The molecule has 0 aliphatic carbocycles. The van der Waals surface area contributed by atoms with E-state index in [1.165, 1.54) is 11.8 Å². The second kappa shape index (κ2) is 6.10. The van der Waals surface area contributed by atoms with Gasteiger partial charge in [-0.25, -0.2) is 15.8 Å². The van der Waals surface area contributed by atoms with E-state index in [1.807, 2.05) is 31.4 Å². The predicted octanol–water partition coefficient (Wildman–Crippen LogP) is 3.19. The first kappa shape index (κ1) is 13.9. The van der Waals surface area contributed by atoms with Gasteiger partial charge in [-0.3, -0.25) is 0 Å². The Bertz CT molecular complexity index is 568. The Morgan fingerprint density at radius 2 is 1.95 bits per heavy atom. The van der Waals surface area contributed by atoms with Crippen molar-refractivity contribution in [1.29, 1.82) is 0 Å². The lowest BCUT2D eigenvalue weighted by molar-refractivity contribution is 0.971. The van der Waals surface area contributed by atoms with Crippen LogP contribution in [0.4, 0.5) is 17.3 Å². The zero-order valence-electron chi connectivity index (χ0n) is 10.6. The van der Waals surface area contributed by atoms with Crippen LogP contribution in [0.2, 0.25) is 5.02 Å². The molecule has 0 fully saturated rings. The minimum atomic E-state index is 0.546. The van der Waals surface area contributed by atoms with Gasteiger partial charge in [0.05, 0.1) is 10.7 Å². The fourth-order valence-electron chi connectivity index (χ4n) is 1.51. The quantitative estimate of drug-likeness (QED) is 0.348. The van der Waals surface area contributed by atoms with Gasteiger partial charge in [-0.2, -0.15) is 0 Å². The van der Waals surface area contributed by atoms with Gasteiger partial charge >= 0.3 is 0 Å². The molecule has 5 nitrogen and oxygen atoms in total. The minimum Gasteiger partial charge on any atom is -0.339 e. The predicted molar refractivity (Wildman–Crippen MR) is 81.1 cm³/mol. The van der Waals surface area contributed by atoms with Crippen LogP contribution >= 0.6 is 23.4 Å². The first-order valence-electron chi connectivity index (χ1n) is 5.55.